The van der Waals surface area contributed by atoms with Crippen LogP contribution >= 0.6 is 0 Å². The lowest BCUT2D eigenvalue weighted by molar-refractivity contribution is -0.124. The number of piperazine rings is 1. The molecule has 1 aromatic heterocycles. The van der Waals surface area contributed by atoms with Crippen LogP contribution in [0.5, 0.6) is 0 Å². The standard InChI is InChI=1S/C9H14N4O2/c1-6(9-12-11-7(2)15-9)13-4-3-10-8(14)5-13/h6H,3-5H2,1-2H3,(H,10,14)/t6-/m0/s1. The third-order valence-electron chi connectivity index (χ3n) is 2.51. The van der Waals surface area contributed by atoms with Crippen molar-refractivity contribution in [1.82, 2.24) is 20.4 Å². The van der Waals surface area contributed by atoms with Gasteiger partial charge < -0.3 is 9.73 Å². The number of hydrogen-bond acceptors (Lipinski definition) is 5. The van der Waals surface area contributed by atoms with Crippen LogP contribution in [0.4, 0.5) is 0 Å². The van der Waals surface area contributed by atoms with E-state index in [2.05, 4.69) is 15.5 Å². The van der Waals surface area contributed by atoms with Gasteiger partial charge in [0.15, 0.2) is 0 Å². The largest absolute Gasteiger partial charge is 0.424 e. The van der Waals surface area contributed by atoms with E-state index in [4.69, 9.17) is 4.42 Å². The maximum atomic E-state index is 11.2. The molecule has 2 rings (SSSR count). The van der Waals surface area contributed by atoms with Crippen molar-refractivity contribution < 1.29 is 9.21 Å². The number of nitrogens with zero attached hydrogens (tertiary/aromatic N) is 3. The van der Waals surface area contributed by atoms with E-state index in [0.29, 0.717) is 24.9 Å². The van der Waals surface area contributed by atoms with E-state index in [1.165, 1.54) is 0 Å². The van der Waals surface area contributed by atoms with Gasteiger partial charge in [-0.3, -0.25) is 9.69 Å². The molecule has 6 nitrogen and oxygen atoms in total. The summed E-state index contributed by atoms with van der Waals surface area (Å²) in [6, 6.07) is -0.00255. The molecule has 0 bridgehead atoms. The molecule has 0 unspecified atom stereocenters. The fraction of sp³-hybridized carbons (Fsp3) is 0.667. The van der Waals surface area contributed by atoms with Crippen LogP contribution < -0.4 is 5.32 Å². The number of hydrogen-bond donors (Lipinski definition) is 1. The third kappa shape index (κ3) is 2.15. The van der Waals surface area contributed by atoms with Gasteiger partial charge in [-0.2, -0.15) is 0 Å². The van der Waals surface area contributed by atoms with Gasteiger partial charge in [0.2, 0.25) is 17.7 Å². The quantitative estimate of drug-likeness (QED) is 0.736. The lowest BCUT2D eigenvalue weighted by atomic mass is 10.2. The summed E-state index contributed by atoms with van der Waals surface area (Å²) < 4.78 is 5.34. The molecule has 15 heavy (non-hydrogen) atoms. The minimum atomic E-state index is -0.00255. The first-order valence-corrected chi connectivity index (χ1v) is 4.97. The van der Waals surface area contributed by atoms with Gasteiger partial charge in [0.1, 0.15) is 0 Å². The molecule has 0 aliphatic carbocycles. The van der Waals surface area contributed by atoms with Crippen molar-refractivity contribution >= 4 is 5.91 Å². The van der Waals surface area contributed by atoms with Crippen molar-refractivity contribution in [3.05, 3.63) is 11.8 Å². The Hall–Kier alpha value is -1.43. The number of nitrogens with one attached hydrogen (secondary N) is 1. The molecule has 1 aliphatic heterocycles. The Morgan fingerprint density at radius 2 is 2.33 bits per heavy atom. The van der Waals surface area contributed by atoms with Crippen molar-refractivity contribution in [2.45, 2.75) is 19.9 Å². The van der Waals surface area contributed by atoms with E-state index in [1.54, 1.807) is 6.92 Å². The highest BCUT2D eigenvalue weighted by molar-refractivity contribution is 5.78. The summed E-state index contributed by atoms with van der Waals surface area (Å²) in [5.41, 5.74) is 0. The molecule has 2 heterocycles. The summed E-state index contributed by atoms with van der Waals surface area (Å²) in [6.07, 6.45) is 0. The zero-order valence-electron chi connectivity index (χ0n) is 8.86. The molecule has 1 aromatic rings. The molecular weight excluding hydrogens is 196 g/mol. The van der Waals surface area contributed by atoms with Gasteiger partial charge in [0.05, 0.1) is 12.6 Å². The average Bonchev–Trinajstić information content (AvgIpc) is 2.64. The minimum absolute atomic E-state index is 0.00255. The lowest BCUT2D eigenvalue weighted by Crippen LogP contribution is -2.48. The second-order valence-electron chi connectivity index (χ2n) is 3.66. The summed E-state index contributed by atoms with van der Waals surface area (Å²) in [5.74, 6) is 1.17. The molecule has 0 aromatic carbocycles. The predicted molar refractivity (Wildman–Crippen MR) is 52.0 cm³/mol. The highest BCUT2D eigenvalue weighted by Crippen LogP contribution is 2.18. The Kier molecular flexibility index (Phi) is 2.68. The topological polar surface area (TPSA) is 71.3 Å². The van der Waals surface area contributed by atoms with Gasteiger partial charge in [-0.05, 0) is 6.92 Å². The van der Waals surface area contributed by atoms with Gasteiger partial charge in [-0.1, -0.05) is 0 Å². The number of carbonyl (C=O) groups is 1. The summed E-state index contributed by atoms with van der Waals surface area (Å²) in [6.45, 7) is 5.60. The van der Waals surface area contributed by atoms with Crippen LogP contribution in [0.1, 0.15) is 24.7 Å². The summed E-state index contributed by atoms with van der Waals surface area (Å²) >= 11 is 0. The maximum Gasteiger partial charge on any atom is 0.234 e. The van der Waals surface area contributed by atoms with Crippen LogP contribution in [0.25, 0.3) is 0 Å². The minimum Gasteiger partial charge on any atom is -0.424 e. The molecule has 6 heteroatoms. The van der Waals surface area contributed by atoms with Gasteiger partial charge in [-0.15, -0.1) is 10.2 Å². The molecule has 1 saturated heterocycles. The van der Waals surface area contributed by atoms with E-state index >= 15 is 0 Å². The molecule has 0 saturated carbocycles. The van der Waals surface area contributed by atoms with Crippen LogP contribution in [0, 0.1) is 6.92 Å². The third-order valence-corrected chi connectivity index (χ3v) is 2.51. The van der Waals surface area contributed by atoms with E-state index < -0.39 is 0 Å². The van der Waals surface area contributed by atoms with Crippen LogP contribution in [0.15, 0.2) is 4.42 Å². The molecule has 0 radical (unpaired) electrons. The molecule has 1 atom stereocenters. The zero-order valence-corrected chi connectivity index (χ0v) is 8.86. The molecule has 82 valence electrons. The fourth-order valence-corrected chi connectivity index (χ4v) is 1.63. The first-order valence-electron chi connectivity index (χ1n) is 4.97. The zero-order chi connectivity index (χ0) is 10.8. The van der Waals surface area contributed by atoms with E-state index in [-0.39, 0.29) is 11.9 Å². The average molecular weight is 210 g/mol. The Morgan fingerprint density at radius 3 is 2.93 bits per heavy atom. The summed E-state index contributed by atoms with van der Waals surface area (Å²) in [7, 11) is 0. The number of aryl methyl sites for hydroxylation is 1. The van der Waals surface area contributed by atoms with Crippen LogP contribution in [-0.2, 0) is 4.79 Å². The number of rotatable bonds is 2. The molecular formula is C9H14N4O2. The van der Waals surface area contributed by atoms with E-state index in [0.717, 1.165) is 6.54 Å². The van der Waals surface area contributed by atoms with E-state index in [1.807, 2.05) is 11.8 Å². The molecule has 1 aliphatic rings. The van der Waals surface area contributed by atoms with Gasteiger partial charge in [-0.25, -0.2) is 0 Å². The maximum absolute atomic E-state index is 11.2. The highest BCUT2D eigenvalue weighted by atomic mass is 16.4. The second-order valence-corrected chi connectivity index (χ2v) is 3.66. The first kappa shape index (κ1) is 10.1. The van der Waals surface area contributed by atoms with Crippen molar-refractivity contribution in [2.24, 2.45) is 0 Å². The lowest BCUT2D eigenvalue weighted by Gasteiger charge is -2.29. The number of carbonyl (C=O) groups excluding carboxylic acids is 1. The Balaban J connectivity index is 2.06. The molecule has 1 fully saturated rings. The Labute approximate surface area is 87.7 Å². The SMILES string of the molecule is Cc1nnc([C@H](C)N2CCNC(=O)C2)o1. The van der Waals surface area contributed by atoms with E-state index in [9.17, 15) is 4.79 Å². The fourth-order valence-electron chi connectivity index (χ4n) is 1.63. The van der Waals surface area contributed by atoms with Crippen molar-refractivity contribution in [3.63, 3.8) is 0 Å². The van der Waals surface area contributed by atoms with Crippen LogP contribution in [0.3, 0.4) is 0 Å². The normalized spacial score (nSPS) is 20.0. The van der Waals surface area contributed by atoms with Crippen molar-refractivity contribution in [2.75, 3.05) is 19.6 Å². The Morgan fingerprint density at radius 1 is 1.53 bits per heavy atom. The van der Waals surface area contributed by atoms with Crippen LogP contribution in [-0.4, -0.2) is 40.6 Å². The molecule has 1 amide bonds. The van der Waals surface area contributed by atoms with Crippen molar-refractivity contribution in [3.8, 4) is 0 Å². The summed E-state index contributed by atoms with van der Waals surface area (Å²) in [4.78, 5) is 13.2. The highest BCUT2D eigenvalue weighted by Gasteiger charge is 2.25. The monoisotopic (exact) mass is 210 g/mol. The van der Waals surface area contributed by atoms with Crippen LogP contribution in [0.2, 0.25) is 0 Å². The smallest absolute Gasteiger partial charge is 0.234 e. The molecule has 1 N–H and O–H groups in total. The van der Waals surface area contributed by atoms with Gasteiger partial charge >= 0.3 is 0 Å². The second kappa shape index (κ2) is 3.98. The number of aromatic nitrogens is 2. The predicted octanol–water partition coefficient (Wildman–Crippen LogP) is -0.129. The van der Waals surface area contributed by atoms with Crippen molar-refractivity contribution in [1.29, 1.82) is 0 Å². The first-order chi connectivity index (χ1) is 7.16. The van der Waals surface area contributed by atoms with Gasteiger partial charge in [0, 0.05) is 20.0 Å². The molecule has 0 spiro atoms. The summed E-state index contributed by atoms with van der Waals surface area (Å²) in [5, 5.41) is 10.5. The Bertz CT molecular complexity index is 363. The number of amides is 1. The van der Waals surface area contributed by atoms with Gasteiger partial charge in [0.25, 0.3) is 0 Å².